The van der Waals surface area contributed by atoms with E-state index in [9.17, 15) is 9.59 Å². The molecule has 0 saturated carbocycles. The van der Waals surface area contributed by atoms with Crippen molar-refractivity contribution in [1.29, 1.82) is 0 Å². The molecule has 2 aliphatic heterocycles. The Morgan fingerprint density at radius 2 is 1.28 bits per heavy atom. The van der Waals surface area contributed by atoms with E-state index in [1.54, 1.807) is 24.3 Å². The zero-order valence-corrected chi connectivity index (χ0v) is 19.7. The van der Waals surface area contributed by atoms with Crippen LogP contribution >= 0.6 is 0 Å². The second-order valence-electron chi connectivity index (χ2n) is 8.87. The quantitative estimate of drug-likeness (QED) is 0.377. The predicted molar refractivity (Wildman–Crippen MR) is 137 cm³/mol. The minimum Gasteiger partial charge on any atom is -0.497 e. The van der Waals surface area contributed by atoms with Gasteiger partial charge in [-0.25, -0.2) is 9.96 Å². The lowest BCUT2D eigenvalue weighted by molar-refractivity contribution is -0.126. The standard InChI is InChI=1S/C30H24N2O4/c1-35-25-19-17-21(18-20-25)26-30(22-11-5-2-6-12-22)27(36-32(26)24-15-9-4-10-16-24)28(33)31(29(30)34)23-13-7-3-8-14-23/h2-20,26-27H,1H3/t26-,27-,30+/m1/s1. The van der Waals surface area contributed by atoms with E-state index in [2.05, 4.69) is 0 Å². The molecule has 0 bridgehead atoms. The topological polar surface area (TPSA) is 59.1 Å². The van der Waals surface area contributed by atoms with Crippen molar-refractivity contribution in [2.45, 2.75) is 17.6 Å². The number of nitrogens with zero attached hydrogens (tertiary/aromatic N) is 2. The lowest BCUT2D eigenvalue weighted by atomic mass is 9.69. The van der Waals surface area contributed by atoms with Gasteiger partial charge in [0, 0.05) is 0 Å². The van der Waals surface area contributed by atoms with Gasteiger partial charge in [-0.2, -0.15) is 0 Å². The lowest BCUT2D eigenvalue weighted by Gasteiger charge is -2.35. The van der Waals surface area contributed by atoms with Gasteiger partial charge in [0.2, 0.25) is 5.91 Å². The second kappa shape index (κ2) is 8.66. The van der Waals surface area contributed by atoms with Crippen molar-refractivity contribution in [3.63, 3.8) is 0 Å². The molecule has 2 fully saturated rings. The van der Waals surface area contributed by atoms with Crippen LogP contribution in [-0.4, -0.2) is 25.0 Å². The molecule has 6 heteroatoms. The fourth-order valence-corrected chi connectivity index (χ4v) is 5.39. The molecule has 6 rings (SSSR count). The highest BCUT2D eigenvalue weighted by molar-refractivity contribution is 6.28. The second-order valence-corrected chi connectivity index (χ2v) is 8.87. The van der Waals surface area contributed by atoms with Crippen LogP contribution in [-0.2, 0) is 19.8 Å². The smallest absolute Gasteiger partial charge is 0.267 e. The first kappa shape index (κ1) is 22.1. The van der Waals surface area contributed by atoms with Crippen molar-refractivity contribution in [2.24, 2.45) is 0 Å². The molecule has 0 radical (unpaired) electrons. The predicted octanol–water partition coefficient (Wildman–Crippen LogP) is 5.07. The summed E-state index contributed by atoms with van der Waals surface area (Å²) in [7, 11) is 1.61. The highest BCUT2D eigenvalue weighted by Gasteiger charge is 2.72. The van der Waals surface area contributed by atoms with E-state index in [1.807, 2.05) is 103 Å². The average molecular weight is 477 g/mol. The van der Waals surface area contributed by atoms with Crippen LogP contribution in [0.1, 0.15) is 17.2 Å². The largest absolute Gasteiger partial charge is 0.497 e. The molecule has 4 aromatic carbocycles. The maximum atomic E-state index is 14.6. The third-order valence-corrected chi connectivity index (χ3v) is 7.01. The molecule has 36 heavy (non-hydrogen) atoms. The summed E-state index contributed by atoms with van der Waals surface area (Å²) in [6, 6.07) is 35.1. The third kappa shape index (κ3) is 3.15. The van der Waals surface area contributed by atoms with Gasteiger partial charge in [-0.05, 0) is 47.5 Å². The number of para-hydroxylation sites is 2. The fourth-order valence-electron chi connectivity index (χ4n) is 5.39. The first-order valence-corrected chi connectivity index (χ1v) is 11.8. The molecule has 178 valence electrons. The zero-order chi connectivity index (χ0) is 24.7. The van der Waals surface area contributed by atoms with Gasteiger partial charge in [-0.1, -0.05) is 78.9 Å². The van der Waals surface area contributed by atoms with E-state index in [0.717, 1.165) is 16.8 Å². The Balaban J connectivity index is 1.61. The Hall–Kier alpha value is -4.42. The van der Waals surface area contributed by atoms with Crippen LogP contribution in [0.4, 0.5) is 11.4 Å². The highest BCUT2D eigenvalue weighted by atomic mass is 16.7. The van der Waals surface area contributed by atoms with Crippen molar-refractivity contribution in [3.05, 3.63) is 126 Å². The molecular weight excluding hydrogens is 452 g/mol. The number of carbonyl (C=O) groups is 2. The number of hydrogen-bond acceptors (Lipinski definition) is 5. The first-order chi connectivity index (χ1) is 17.7. The molecule has 0 N–H and O–H groups in total. The van der Waals surface area contributed by atoms with Gasteiger partial charge in [0.25, 0.3) is 5.91 Å². The van der Waals surface area contributed by atoms with Crippen molar-refractivity contribution in [1.82, 2.24) is 0 Å². The maximum absolute atomic E-state index is 14.6. The van der Waals surface area contributed by atoms with E-state index >= 15 is 0 Å². The maximum Gasteiger partial charge on any atom is 0.267 e. The van der Waals surface area contributed by atoms with Crippen molar-refractivity contribution < 1.29 is 19.2 Å². The zero-order valence-electron chi connectivity index (χ0n) is 19.7. The molecule has 3 atom stereocenters. The van der Waals surface area contributed by atoms with Gasteiger partial charge in [0.05, 0.1) is 18.5 Å². The summed E-state index contributed by atoms with van der Waals surface area (Å²) < 4.78 is 5.38. The van der Waals surface area contributed by atoms with E-state index in [4.69, 9.17) is 9.57 Å². The summed E-state index contributed by atoms with van der Waals surface area (Å²) in [5, 5.41) is 1.72. The highest BCUT2D eigenvalue weighted by Crippen LogP contribution is 2.57. The van der Waals surface area contributed by atoms with E-state index in [-0.39, 0.29) is 11.8 Å². The minimum atomic E-state index is -1.31. The van der Waals surface area contributed by atoms with Gasteiger partial charge in [-0.3, -0.25) is 14.4 Å². The molecule has 0 spiro atoms. The molecule has 0 unspecified atom stereocenters. The van der Waals surface area contributed by atoms with Gasteiger partial charge in [0.1, 0.15) is 17.2 Å². The number of benzene rings is 4. The van der Waals surface area contributed by atoms with Crippen LogP contribution in [0.2, 0.25) is 0 Å². The van der Waals surface area contributed by atoms with E-state index in [0.29, 0.717) is 11.4 Å². The van der Waals surface area contributed by atoms with Crippen LogP contribution in [0.25, 0.3) is 0 Å². The Kier molecular flexibility index (Phi) is 5.31. The van der Waals surface area contributed by atoms with Crippen LogP contribution in [0.15, 0.2) is 115 Å². The first-order valence-electron chi connectivity index (χ1n) is 11.8. The molecule has 0 aliphatic carbocycles. The minimum absolute atomic E-state index is 0.311. The third-order valence-electron chi connectivity index (χ3n) is 7.01. The Morgan fingerprint density at radius 3 is 1.86 bits per heavy atom. The molecular formula is C30H24N2O4. The molecule has 2 amide bonds. The van der Waals surface area contributed by atoms with Crippen molar-refractivity contribution >= 4 is 23.2 Å². The number of rotatable bonds is 5. The summed E-state index contributed by atoms with van der Waals surface area (Å²) >= 11 is 0. The van der Waals surface area contributed by atoms with Crippen LogP contribution in [0.5, 0.6) is 5.75 Å². The molecule has 2 saturated heterocycles. The Morgan fingerprint density at radius 1 is 0.722 bits per heavy atom. The number of ether oxygens (including phenoxy) is 1. The molecule has 2 aliphatic rings. The monoisotopic (exact) mass is 476 g/mol. The Bertz CT molecular complexity index is 1390. The summed E-state index contributed by atoms with van der Waals surface area (Å²) in [5.41, 5.74) is 1.54. The van der Waals surface area contributed by atoms with Gasteiger partial charge >= 0.3 is 0 Å². The summed E-state index contributed by atoms with van der Waals surface area (Å²) in [4.78, 5) is 36.3. The normalized spacial score (nSPS) is 23.1. The summed E-state index contributed by atoms with van der Waals surface area (Å²) in [5.74, 6) is 0.00937. The van der Waals surface area contributed by atoms with Gasteiger partial charge in [0.15, 0.2) is 6.10 Å². The molecule has 4 aromatic rings. The van der Waals surface area contributed by atoms with Crippen molar-refractivity contribution in [3.8, 4) is 5.75 Å². The van der Waals surface area contributed by atoms with Crippen LogP contribution < -0.4 is 14.7 Å². The lowest BCUT2D eigenvalue weighted by Crippen LogP contribution is -2.46. The number of hydrogen-bond donors (Lipinski definition) is 0. The number of fused-ring (bicyclic) bond motifs is 1. The van der Waals surface area contributed by atoms with Crippen LogP contribution in [0.3, 0.4) is 0 Å². The molecule has 0 aromatic heterocycles. The average Bonchev–Trinajstić information content (AvgIpc) is 3.41. The van der Waals surface area contributed by atoms with E-state index in [1.165, 1.54) is 4.90 Å². The number of anilines is 2. The summed E-state index contributed by atoms with van der Waals surface area (Å²) in [6.07, 6.45) is -1.04. The number of amides is 2. The van der Waals surface area contributed by atoms with E-state index < -0.39 is 17.6 Å². The fraction of sp³-hybridized carbons (Fsp3) is 0.133. The Labute approximate surface area is 209 Å². The van der Waals surface area contributed by atoms with Crippen molar-refractivity contribution in [2.75, 3.05) is 17.1 Å². The number of carbonyl (C=O) groups excluding carboxylic acids is 2. The molecule has 2 heterocycles. The van der Waals surface area contributed by atoms with Crippen LogP contribution in [0, 0.1) is 0 Å². The number of hydroxylamine groups is 1. The molecule has 6 nitrogen and oxygen atoms in total. The SMILES string of the molecule is COc1ccc([C@H]2N(c3ccccc3)O[C@@H]3C(=O)N(c4ccccc4)C(=O)[C@]32c2ccccc2)cc1. The van der Waals surface area contributed by atoms with Gasteiger partial charge in [-0.15, -0.1) is 0 Å². The van der Waals surface area contributed by atoms with Gasteiger partial charge < -0.3 is 4.74 Å². The number of methoxy groups -OCH3 is 1. The number of imide groups is 1. The summed E-state index contributed by atoms with van der Waals surface area (Å²) in [6.45, 7) is 0.